The molecule has 200 valence electrons. The average molecular weight is 521 g/mol. The fourth-order valence-electron chi connectivity index (χ4n) is 4.85. The Hall–Kier alpha value is -3.79. The molecule has 0 amide bonds. The van der Waals surface area contributed by atoms with Gasteiger partial charge in [-0.2, -0.15) is 0 Å². The van der Waals surface area contributed by atoms with Gasteiger partial charge in [0.15, 0.2) is 17.3 Å². The lowest BCUT2D eigenvalue weighted by Crippen LogP contribution is -2.35. The molecule has 2 aromatic carbocycles. The number of rotatable bonds is 8. The first kappa shape index (κ1) is 25.8. The standard InChI is InChI=1S/C28H33FN6O3/c1-5-6-23(26-31-32-33-35(26)28(2,3)4)34(16-18-7-9-21(29)10-8-18)17-20-13-19-14-24-25(38-12-11-37-24)15-22(19)30-27(20)36/h7-10,13-15,23H,5-6,11-12,16-17H2,1-4H3,(H,30,36)/t23-/m0/s1. The molecular formula is C28H33FN6O3. The number of aromatic nitrogens is 5. The summed E-state index contributed by atoms with van der Waals surface area (Å²) in [6, 6.07) is 11.9. The molecule has 0 saturated heterocycles. The van der Waals surface area contributed by atoms with Crippen LogP contribution < -0.4 is 15.0 Å². The molecule has 0 radical (unpaired) electrons. The zero-order valence-corrected chi connectivity index (χ0v) is 22.2. The molecule has 0 saturated carbocycles. The smallest absolute Gasteiger partial charge is 0.252 e. The van der Waals surface area contributed by atoms with Crippen LogP contribution in [0.1, 0.15) is 63.5 Å². The van der Waals surface area contributed by atoms with Crippen molar-refractivity contribution < 1.29 is 13.9 Å². The lowest BCUT2D eigenvalue weighted by Gasteiger charge is -2.33. The summed E-state index contributed by atoms with van der Waals surface area (Å²) in [4.78, 5) is 18.5. The summed E-state index contributed by atoms with van der Waals surface area (Å²) in [6.07, 6.45) is 1.67. The molecular weight excluding hydrogens is 487 g/mol. The van der Waals surface area contributed by atoms with E-state index in [9.17, 15) is 9.18 Å². The van der Waals surface area contributed by atoms with Crippen LogP contribution in [-0.2, 0) is 18.6 Å². The van der Waals surface area contributed by atoms with Gasteiger partial charge in [-0.05, 0) is 67.4 Å². The van der Waals surface area contributed by atoms with Gasteiger partial charge in [0.2, 0.25) is 0 Å². The van der Waals surface area contributed by atoms with E-state index < -0.39 is 0 Å². The highest BCUT2D eigenvalue weighted by molar-refractivity contribution is 5.83. The number of fused-ring (bicyclic) bond motifs is 2. The van der Waals surface area contributed by atoms with Crippen molar-refractivity contribution in [1.82, 2.24) is 30.1 Å². The number of H-pyrrole nitrogens is 1. The van der Waals surface area contributed by atoms with Gasteiger partial charge >= 0.3 is 0 Å². The molecule has 0 unspecified atom stereocenters. The first-order valence-corrected chi connectivity index (χ1v) is 13.0. The first-order valence-electron chi connectivity index (χ1n) is 13.0. The molecule has 10 heteroatoms. The normalized spacial score (nSPS) is 14.3. The van der Waals surface area contributed by atoms with E-state index in [1.807, 2.05) is 22.9 Å². The Morgan fingerprint density at radius 3 is 2.47 bits per heavy atom. The average Bonchev–Trinajstić information content (AvgIpc) is 3.38. The highest BCUT2D eigenvalue weighted by Crippen LogP contribution is 2.34. The SMILES string of the molecule is CCC[C@@H](c1nnnn1C(C)(C)C)N(Cc1ccc(F)cc1)Cc1cc2cc3c(cc2[nH]c1=O)OCCO3. The van der Waals surface area contributed by atoms with E-state index in [0.717, 1.165) is 29.6 Å². The predicted octanol–water partition coefficient (Wildman–Crippen LogP) is 4.72. The fourth-order valence-corrected chi connectivity index (χ4v) is 4.85. The minimum absolute atomic E-state index is 0.172. The van der Waals surface area contributed by atoms with Gasteiger partial charge in [0.1, 0.15) is 19.0 Å². The summed E-state index contributed by atoms with van der Waals surface area (Å²) in [6.45, 7) is 10.1. The van der Waals surface area contributed by atoms with Crippen LogP contribution >= 0.6 is 0 Å². The molecule has 1 atom stereocenters. The number of tetrazole rings is 1. The van der Waals surface area contributed by atoms with Crippen molar-refractivity contribution in [1.29, 1.82) is 0 Å². The number of pyridine rings is 1. The summed E-state index contributed by atoms with van der Waals surface area (Å²) in [5, 5.41) is 13.6. The van der Waals surface area contributed by atoms with Crippen molar-refractivity contribution in [2.45, 2.75) is 65.2 Å². The van der Waals surface area contributed by atoms with Crippen molar-refractivity contribution in [2.75, 3.05) is 13.2 Å². The molecule has 4 aromatic rings. The summed E-state index contributed by atoms with van der Waals surface area (Å²) in [5.74, 6) is 1.74. The topological polar surface area (TPSA) is 98.2 Å². The number of hydrogen-bond acceptors (Lipinski definition) is 7. The van der Waals surface area contributed by atoms with E-state index in [0.29, 0.717) is 48.9 Å². The molecule has 1 N–H and O–H groups in total. The van der Waals surface area contributed by atoms with Crippen molar-refractivity contribution in [3.05, 3.63) is 75.6 Å². The maximum absolute atomic E-state index is 13.7. The molecule has 0 aliphatic carbocycles. The van der Waals surface area contributed by atoms with E-state index in [-0.39, 0.29) is 23.0 Å². The van der Waals surface area contributed by atoms with Crippen LogP contribution in [0.25, 0.3) is 10.9 Å². The summed E-state index contributed by atoms with van der Waals surface area (Å²) >= 11 is 0. The lowest BCUT2D eigenvalue weighted by atomic mass is 10.0. The number of nitrogens with zero attached hydrogens (tertiary/aromatic N) is 5. The van der Waals surface area contributed by atoms with Gasteiger partial charge < -0.3 is 14.5 Å². The quantitative estimate of drug-likeness (QED) is 0.359. The molecule has 38 heavy (non-hydrogen) atoms. The number of ether oxygens (including phenoxy) is 2. The van der Waals surface area contributed by atoms with Gasteiger partial charge in [0, 0.05) is 30.1 Å². The van der Waals surface area contributed by atoms with E-state index >= 15 is 0 Å². The molecule has 5 rings (SSSR count). The molecule has 9 nitrogen and oxygen atoms in total. The minimum Gasteiger partial charge on any atom is -0.486 e. The first-order chi connectivity index (χ1) is 18.2. The number of nitrogens with one attached hydrogen (secondary N) is 1. The lowest BCUT2D eigenvalue weighted by molar-refractivity contribution is 0.148. The summed E-state index contributed by atoms with van der Waals surface area (Å²) in [7, 11) is 0. The molecule has 1 aliphatic rings. The van der Waals surface area contributed by atoms with Crippen LogP contribution in [0.2, 0.25) is 0 Å². The second kappa shape index (κ2) is 10.5. The Morgan fingerprint density at radius 2 is 1.79 bits per heavy atom. The molecule has 0 spiro atoms. The van der Waals surface area contributed by atoms with Gasteiger partial charge in [-0.3, -0.25) is 9.69 Å². The molecule has 0 fully saturated rings. The predicted molar refractivity (Wildman–Crippen MR) is 142 cm³/mol. The maximum atomic E-state index is 13.7. The molecule has 3 heterocycles. The Morgan fingerprint density at radius 1 is 1.08 bits per heavy atom. The largest absolute Gasteiger partial charge is 0.486 e. The van der Waals surface area contributed by atoms with E-state index in [1.54, 1.807) is 12.1 Å². The Kier molecular flexibility index (Phi) is 7.16. The number of halogens is 1. The highest BCUT2D eigenvalue weighted by Gasteiger charge is 2.30. The second-order valence-corrected chi connectivity index (χ2v) is 10.7. The van der Waals surface area contributed by atoms with Crippen molar-refractivity contribution in [2.24, 2.45) is 0 Å². The monoisotopic (exact) mass is 520 g/mol. The number of aromatic amines is 1. The van der Waals surface area contributed by atoms with Crippen LogP contribution in [0.3, 0.4) is 0 Å². The van der Waals surface area contributed by atoms with E-state index in [4.69, 9.17) is 9.47 Å². The number of hydrogen-bond donors (Lipinski definition) is 1. The van der Waals surface area contributed by atoms with Gasteiger partial charge in [-0.25, -0.2) is 9.07 Å². The Balaban J connectivity index is 1.57. The van der Waals surface area contributed by atoms with E-state index in [2.05, 4.69) is 53.1 Å². The summed E-state index contributed by atoms with van der Waals surface area (Å²) < 4.78 is 26.9. The Labute approximate surface area is 220 Å². The van der Waals surface area contributed by atoms with Crippen molar-refractivity contribution >= 4 is 10.9 Å². The molecule has 0 bridgehead atoms. The minimum atomic E-state index is -0.325. The van der Waals surface area contributed by atoms with Gasteiger partial charge in [-0.1, -0.05) is 25.5 Å². The number of benzene rings is 2. The third kappa shape index (κ3) is 5.40. The van der Waals surface area contributed by atoms with Crippen LogP contribution in [0.5, 0.6) is 11.5 Å². The van der Waals surface area contributed by atoms with Gasteiger partial charge in [0.25, 0.3) is 5.56 Å². The third-order valence-corrected chi connectivity index (χ3v) is 6.69. The maximum Gasteiger partial charge on any atom is 0.252 e. The molecule has 1 aliphatic heterocycles. The van der Waals surface area contributed by atoms with Crippen molar-refractivity contribution in [3.8, 4) is 11.5 Å². The molecule has 2 aromatic heterocycles. The van der Waals surface area contributed by atoms with Crippen LogP contribution in [0.4, 0.5) is 4.39 Å². The van der Waals surface area contributed by atoms with Gasteiger partial charge in [0.05, 0.1) is 17.1 Å². The van der Waals surface area contributed by atoms with E-state index in [1.165, 1.54) is 12.1 Å². The highest BCUT2D eigenvalue weighted by atomic mass is 19.1. The third-order valence-electron chi connectivity index (χ3n) is 6.69. The zero-order chi connectivity index (χ0) is 26.9. The Bertz CT molecular complexity index is 1470. The van der Waals surface area contributed by atoms with Gasteiger partial charge in [-0.15, -0.1) is 5.10 Å². The fraction of sp³-hybridized carbons (Fsp3) is 0.429. The van der Waals surface area contributed by atoms with Crippen LogP contribution in [-0.4, -0.2) is 43.3 Å². The summed E-state index contributed by atoms with van der Waals surface area (Å²) in [5.41, 5.74) is 1.72. The van der Waals surface area contributed by atoms with Crippen LogP contribution in [0, 0.1) is 5.82 Å². The zero-order valence-electron chi connectivity index (χ0n) is 22.2. The van der Waals surface area contributed by atoms with Crippen LogP contribution in [0.15, 0.2) is 47.3 Å². The second-order valence-electron chi connectivity index (χ2n) is 10.7. The van der Waals surface area contributed by atoms with Crippen molar-refractivity contribution in [3.63, 3.8) is 0 Å².